The Bertz CT molecular complexity index is 1070. The minimum Gasteiger partial charge on any atom is -0.368 e. The summed E-state index contributed by atoms with van der Waals surface area (Å²) < 4.78 is 29.8. The Morgan fingerprint density at radius 2 is 1.73 bits per heavy atom. The molecule has 0 aromatic heterocycles. The van der Waals surface area contributed by atoms with Crippen LogP contribution in [-0.4, -0.2) is 69.8 Å². The SMILES string of the molecule is CC(=O)N1CCN(c2ccc3c(c2)CCCN3S(=O)(=O)N(C)CCCc2ccccc2)CC1. The molecule has 2 aromatic rings. The molecule has 0 unspecified atom stereocenters. The van der Waals surface area contributed by atoms with Gasteiger partial charge in [-0.15, -0.1) is 0 Å². The molecule has 2 heterocycles. The van der Waals surface area contributed by atoms with Crippen molar-refractivity contribution in [3.63, 3.8) is 0 Å². The molecular weight excluding hydrogens is 436 g/mol. The van der Waals surface area contributed by atoms with Crippen molar-refractivity contribution < 1.29 is 13.2 Å². The van der Waals surface area contributed by atoms with Crippen molar-refractivity contribution in [2.24, 2.45) is 0 Å². The van der Waals surface area contributed by atoms with Gasteiger partial charge >= 0.3 is 10.2 Å². The third-order valence-electron chi connectivity index (χ3n) is 6.68. The van der Waals surface area contributed by atoms with Crippen LogP contribution in [0.2, 0.25) is 0 Å². The van der Waals surface area contributed by atoms with E-state index < -0.39 is 10.2 Å². The molecule has 0 radical (unpaired) electrons. The molecule has 4 rings (SSSR count). The number of carbonyl (C=O) groups excluding carboxylic acids is 1. The summed E-state index contributed by atoms with van der Waals surface area (Å²) in [6.07, 6.45) is 3.33. The van der Waals surface area contributed by atoms with E-state index in [4.69, 9.17) is 0 Å². The Morgan fingerprint density at radius 3 is 2.42 bits per heavy atom. The molecule has 0 atom stereocenters. The highest BCUT2D eigenvalue weighted by Gasteiger charge is 2.31. The maximum Gasteiger partial charge on any atom is 0.303 e. The van der Waals surface area contributed by atoms with E-state index in [0.29, 0.717) is 13.1 Å². The number of anilines is 2. The minimum absolute atomic E-state index is 0.119. The first kappa shape index (κ1) is 23.6. The molecule has 7 nitrogen and oxygen atoms in total. The monoisotopic (exact) mass is 470 g/mol. The fourth-order valence-electron chi connectivity index (χ4n) is 4.70. The van der Waals surface area contributed by atoms with E-state index in [9.17, 15) is 13.2 Å². The molecule has 178 valence electrons. The van der Waals surface area contributed by atoms with Crippen LogP contribution in [0.5, 0.6) is 0 Å². The molecule has 2 aromatic carbocycles. The van der Waals surface area contributed by atoms with Gasteiger partial charge in [0.2, 0.25) is 5.91 Å². The first-order chi connectivity index (χ1) is 15.9. The van der Waals surface area contributed by atoms with Crippen molar-refractivity contribution in [1.82, 2.24) is 9.21 Å². The van der Waals surface area contributed by atoms with Crippen LogP contribution >= 0.6 is 0 Å². The third-order valence-corrected chi connectivity index (χ3v) is 8.59. The van der Waals surface area contributed by atoms with Gasteiger partial charge in [-0.25, -0.2) is 0 Å². The summed E-state index contributed by atoms with van der Waals surface area (Å²) in [6, 6.07) is 16.3. The van der Waals surface area contributed by atoms with Crippen molar-refractivity contribution in [1.29, 1.82) is 0 Å². The zero-order valence-corrected chi connectivity index (χ0v) is 20.4. The lowest BCUT2D eigenvalue weighted by Crippen LogP contribution is -2.48. The molecule has 33 heavy (non-hydrogen) atoms. The fraction of sp³-hybridized carbons (Fsp3) is 0.480. The number of aryl methyl sites for hydroxylation is 2. The van der Waals surface area contributed by atoms with Gasteiger partial charge in [0, 0.05) is 58.9 Å². The number of benzene rings is 2. The first-order valence-corrected chi connectivity index (χ1v) is 13.2. The molecule has 1 amide bonds. The quantitative estimate of drug-likeness (QED) is 0.624. The number of carbonyl (C=O) groups is 1. The van der Waals surface area contributed by atoms with Crippen molar-refractivity contribution in [2.45, 2.75) is 32.6 Å². The Balaban J connectivity index is 1.43. The van der Waals surface area contributed by atoms with E-state index in [0.717, 1.165) is 68.8 Å². The summed E-state index contributed by atoms with van der Waals surface area (Å²) in [5, 5.41) is 0. The molecule has 2 aliphatic rings. The van der Waals surface area contributed by atoms with Crippen LogP contribution in [-0.2, 0) is 27.8 Å². The zero-order valence-electron chi connectivity index (χ0n) is 19.6. The van der Waals surface area contributed by atoms with Gasteiger partial charge in [-0.05, 0) is 55.0 Å². The second-order valence-corrected chi connectivity index (χ2v) is 10.9. The highest BCUT2D eigenvalue weighted by molar-refractivity contribution is 7.90. The van der Waals surface area contributed by atoms with E-state index in [2.05, 4.69) is 23.1 Å². The van der Waals surface area contributed by atoms with Gasteiger partial charge in [0.25, 0.3) is 0 Å². The van der Waals surface area contributed by atoms with E-state index in [1.165, 1.54) is 9.87 Å². The molecule has 0 aliphatic carbocycles. The Hall–Kier alpha value is -2.58. The number of piperazine rings is 1. The minimum atomic E-state index is -3.58. The molecule has 1 fully saturated rings. The highest BCUT2D eigenvalue weighted by Crippen LogP contribution is 2.33. The van der Waals surface area contributed by atoms with Gasteiger partial charge in [-0.2, -0.15) is 12.7 Å². The number of fused-ring (bicyclic) bond motifs is 1. The van der Waals surface area contributed by atoms with Crippen molar-refractivity contribution in [3.8, 4) is 0 Å². The third kappa shape index (κ3) is 5.33. The maximum atomic E-state index is 13.4. The predicted octanol–water partition coefficient (Wildman–Crippen LogP) is 2.92. The number of nitrogens with zero attached hydrogens (tertiary/aromatic N) is 4. The van der Waals surface area contributed by atoms with Gasteiger partial charge in [0.1, 0.15) is 0 Å². The Morgan fingerprint density at radius 1 is 1.00 bits per heavy atom. The van der Waals surface area contributed by atoms with Crippen LogP contribution in [0.1, 0.15) is 30.9 Å². The molecule has 0 saturated carbocycles. The molecule has 2 aliphatic heterocycles. The van der Waals surface area contributed by atoms with Crippen LogP contribution in [0.25, 0.3) is 0 Å². The van der Waals surface area contributed by atoms with Crippen LogP contribution in [0.15, 0.2) is 48.5 Å². The number of hydrogen-bond donors (Lipinski definition) is 0. The average molecular weight is 471 g/mol. The van der Waals surface area contributed by atoms with Gasteiger partial charge in [0.15, 0.2) is 0 Å². The van der Waals surface area contributed by atoms with E-state index in [-0.39, 0.29) is 5.91 Å². The maximum absolute atomic E-state index is 13.4. The standard InChI is InChI=1S/C25H34N4O3S/c1-21(30)27-16-18-28(19-17-27)24-12-13-25-23(20-24)11-7-15-29(25)33(31,32)26(2)14-6-10-22-8-4-3-5-9-22/h3-5,8-9,12-13,20H,6-7,10-11,14-19H2,1-2H3. The fourth-order valence-corrected chi connectivity index (χ4v) is 6.18. The van der Waals surface area contributed by atoms with Crippen LogP contribution in [0, 0.1) is 0 Å². The molecule has 0 N–H and O–H groups in total. The summed E-state index contributed by atoms with van der Waals surface area (Å²) in [5.41, 5.74) is 4.20. The topological polar surface area (TPSA) is 64.2 Å². The van der Waals surface area contributed by atoms with E-state index in [1.54, 1.807) is 18.3 Å². The number of hydrogen-bond acceptors (Lipinski definition) is 4. The van der Waals surface area contributed by atoms with Crippen molar-refractivity contribution in [2.75, 3.05) is 55.5 Å². The van der Waals surface area contributed by atoms with Crippen LogP contribution in [0.4, 0.5) is 11.4 Å². The zero-order chi connectivity index (χ0) is 23.4. The molecule has 0 bridgehead atoms. The lowest BCUT2D eigenvalue weighted by Gasteiger charge is -2.37. The van der Waals surface area contributed by atoms with Gasteiger partial charge in [-0.3, -0.25) is 9.10 Å². The Labute approximate surface area is 197 Å². The van der Waals surface area contributed by atoms with Crippen LogP contribution in [0.3, 0.4) is 0 Å². The highest BCUT2D eigenvalue weighted by atomic mass is 32.2. The summed E-state index contributed by atoms with van der Waals surface area (Å²) in [7, 11) is -1.90. The molecular formula is C25H34N4O3S. The summed E-state index contributed by atoms with van der Waals surface area (Å²) in [4.78, 5) is 15.8. The van der Waals surface area contributed by atoms with E-state index in [1.807, 2.05) is 35.2 Å². The summed E-state index contributed by atoms with van der Waals surface area (Å²) in [6.45, 7) is 5.65. The van der Waals surface area contributed by atoms with Crippen molar-refractivity contribution >= 4 is 27.5 Å². The largest absolute Gasteiger partial charge is 0.368 e. The number of rotatable bonds is 7. The molecule has 0 spiro atoms. The normalized spacial score (nSPS) is 16.8. The molecule has 1 saturated heterocycles. The molecule has 8 heteroatoms. The smallest absolute Gasteiger partial charge is 0.303 e. The summed E-state index contributed by atoms with van der Waals surface area (Å²) >= 11 is 0. The first-order valence-electron chi connectivity index (χ1n) is 11.8. The lowest BCUT2D eigenvalue weighted by molar-refractivity contribution is -0.129. The summed E-state index contributed by atoms with van der Waals surface area (Å²) in [5.74, 6) is 0.119. The predicted molar refractivity (Wildman–Crippen MR) is 133 cm³/mol. The Kier molecular flexibility index (Phi) is 7.24. The van der Waals surface area contributed by atoms with Gasteiger partial charge in [-0.1, -0.05) is 30.3 Å². The van der Waals surface area contributed by atoms with Gasteiger partial charge < -0.3 is 9.80 Å². The lowest BCUT2D eigenvalue weighted by atomic mass is 10.0. The van der Waals surface area contributed by atoms with E-state index >= 15 is 0 Å². The average Bonchev–Trinajstić information content (AvgIpc) is 2.84. The van der Waals surface area contributed by atoms with Gasteiger partial charge in [0.05, 0.1) is 5.69 Å². The second-order valence-electron chi connectivity index (χ2n) is 8.90. The number of amides is 1. The van der Waals surface area contributed by atoms with Crippen LogP contribution < -0.4 is 9.21 Å². The second kappa shape index (κ2) is 10.1. The van der Waals surface area contributed by atoms with Crippen molar-refractivity contribution in [3.05, 3.63) is 59.7 Å².